The first kappa shape index (κ1) is 72.6. The number of amides is 6. The molecule has 5 N–H and O–H groups in total. The molecule has 0 unspecified atom stereocenters. The molecule has 0 saturated heterocycles. The first-order valence-corrected chi connectivity index (χ1v) is 34.4. The maximum absolute atomic E-state index is 14.3. The summed E-state index contributed by atoms with van der Waals surface area (Å²) in [7, 11) is -1.00. The number of imidazole rings is 2. The van der Waals surface area contributed by atoms with Crippen LogP contribution >= 0.6 is 69.0 Å². The molecule has 31 heteroatoms. The number of alkyl halides is 1. The molecule has 2 atom stereocenters. The number of aromatic nitrogens is 6. The van der Waals surface area contributed by atoms with Crippen LogP contribution in [0.2, 0.25) is 20.1 Å². The van der Waals surface area contributed by atoms with E-state index in [1.54, 1.807) is 120 Å². The van der Waals surface area contributed by atoms with Gasteiger partial charge in [-0.1, -0.05) is 70.7 Å². The van der Waals surface area contributed by atoms with Crippen molar-refractivity contribution >= 4 is 146 Å². The van der Waals surface area contributed by atoms with Crippen LogP contribution in [-0.4, -0.2) is 106 Å². The highest BCUT2D eigenvalue weighted by molar-refractivity contribution is 14.1. The third kappa shape index (κ3) is 15.1. The van der Waals surface area contributed by atoms with E-state index in [1.807, 2.05) is 12.1 Å². The van der Waals surface area contributed by atoms with E-state index in [4.69, 9.17) is 47.8 Å². The number of rotatable bonds is 17. The second kappa shape index (κ2) is 28.9. The van der Waals surface area contributed by atoms with Crippen LogP contribution in [0.5, 0.6) is 0 Å². The minimum absolute atomic E-state index is 0.0434. The van der Waals surface area contributed by atoms with Crippen LogP contribution < -0.4 is 31.1 Å². The Balaban J connectivity index is 0.000000185. The Bertz CT molecular complexity index is 4850. The molecule has 6 heterocycles. The average Bonchev–Trinajstić information content (AvgIpc) is 1.56. The van der Waals surface area contributed by atoms with E-state index < -0.39 is 70.1 Å². The van der Waals surface area contributed by atoms with Gasteiger partial charge >= 0.3 is 17.9 Å². The molecule has 8 aromatic rings. The number of anilines is 4. The van der Waals surface area contributed by atoms with Gasteiger partial charge < -0.3 is 31.1 Å². The molecule has 6 aliphatic rings. The first-order chi connectivity index (χ1) is 49.4. The van der Waals surface area contributed by atoms with Gasteiger partial charge in [-0.2, -0.15) is 10.5 Å². The predicted molar refractivity (Wildman–Crippen MR) is 383 cm³/mol. The number of carboxylic acid groups (broad SMARTS) is 1. The minimum atomic E-state index is -1.34. The van der Waals surface area contributed by atoms with E-state index >= 15 is 0 Å². The number of carbonyl (C=O) groups excluding carboxylic acids is 8. The van der Waals surface area contributed by atoms with Crippen molar-refractivity contribution in [3.05, 3.63) is 208 Å². The van der Waals surface area contributed by atoms with Crippen LogP contribution in [0.3, 0.4) is 0 Å². The van der Waals surface area contributed by atoms with Gasteiger partial charge in [0.1, 0.15) is 33.5 Å². The number of ether oxygens (including phenoxy) is 1. The summed E-state index contributed by atoms with van der Waals surface area (Å²) in [4.78, 5) is 136. The van der Waals surface area contributed by atoms with E-state index in [0.29, 0.717) is 86.8 Å². The lowest BCUT2D eigenvalue weighted by molar-refractivity contribution is -0.156. The van der Waals surface area contributed by atoms with Gasteiger partial charge in [0.25, 0.3) is 23.6 Å². The number of carbonyl (C=O) groups is 9. The fraction of sp³-hybridized carbons (Fsp3) is 0.292. The van der Waals surface area contributed by atoms with Gasteiger partial charge in [-0.3, -0.25) is 61.8 Å². The molecule has 0 bridgehead atoms. The van der Waals surface area contributed by atoms with Crippen molar-refractivity contribution < 1.29 is 58.8 Å². The minimum Gasteiger partial charge on any atom is -0.478 e. The molecule has 14 rings (SSSR count). The molecule has 4 aromatic carbocycles. The zero-order valence-electron chi connectivity index (χ0n) is 56.2. The van der Waals surface area contributed by atoms with E-state index in [1.165, 1.54) is 48.3 Å². The lowest BCUT2D eigenvalue weighted by Crippen LogP contribution is -2.52. The fourth-order valence-corrected chi connectivity index (χ4v) is 13.9. The Morgan fingerprint density at radius 3 is 1.22 bits per heavy atom. The van der Waals surface area contributed by atoms with Crippen molar-refractivity contribution in [1.82, 2.24) is 50.3 Å². The Kier molecular flexibility index (Phi) is 20.4. The molecule has 103 heavy (non-hydrogen) atoms. The fourth-order valence-electron chi connectivity index (χ4n) is 12.6. The number of benzene rings is 4. The van der Waals surface area contributed by atoms with Crippen LogP contribution in [0.1, 0.15) is 145 Å². The number of carboxylic acids is 1. The molecule has 4 aromatic heterocycles. The number of esters is 2. The summed E-state index contributed by atoms with van der Waals surface area (Å²) in [5.41, 5.74) is -1.29. The van der Waals surface area contributed by atoms with Crippen molar-refractivity contribution in [3.63, 3.8) is 0 Å². The van der Waals surface area contributed by atoms with Crippen molar-refractivity contribution in [3.8, 4) is 12.1 Å². The third-order valence-corrected chi connectivity index (χ3v) is 19.9. The number of aromatic carboxylic acids is 1. The van der Waals surface area contributed by atoms with Crippen LogP contribution in [0.15, 0.2) is 134 Å². The number of fused-ring (bicyclic) bond motifs is 2. The molecular weight excluding hydrogens is 1520 g/mol. The molecular formula is C72H62Cl4FIN14O11. The monoisotopic (exact) mass is 1590 g/mol. The third-order valence-electron chi connectivity index (χ3n) is 18.4. The average molecular weight is 1590 g/mol. The highest BCUT2D eigenvalue weighted by atomic mass is 127. The maximum Gasteiger partial charge on any atom is 0.337 e. The number of pyridine rings is 2. The lowest BCUT2D eigenvalue weighted by Gasteiger charge is -2.27. The molecule has 0 spiro atoms. The van der Waals surface area contributed by atoms with Crippen LogP contribution in [-0.2, 0) is 68.5 Å². The van der Waals surface area contributed by atoms with Crippen LogP contribution in [0.4, 0.5) is 27.7 Å². The van der Waals surface area contributed by atoms with Gasteiger partial charge in [-0.25, -0.2) is 24.6 Å². The SMILES string of the molecule is CC(=O)OC(C)=O.C[C@@]1(Cc2ccc(C#N)cc2)C(=O)N(c2cc(Cl)cc(Cl)c2)c2ncc(C(=O)NC3(C(=O)NC4(c5ccc(C(=O)O)cn5)CC4)CC3)n21.C[C@@]1(Cc2ccc(C#N)cc2)C(=O)N(c2cc(Cl)cc(Cl)c2)c2ncc(C(=O)NC3(C(=O)NC4(c5ccc(I)cn5)CC4)CC3)n21.[2H]CF. The summed E-state index contributed by atoms with van der Waals surface area (Å²) in [6, 6.07) is 34.4. The van der Waals surface area contributed by atoms with Crippen LogP contribution in [0, 0.1) is 26.2 Å². The number of nitrogens with one attached hydrogen (secondary N) is 4. The number of hydrogen-bond donors (Lipinski definition) is 5. The predicted octanol–water partition coefficient (Wildman–Crippen LogP) is 11.3. The number of nitriles is 2. The Morgan fingerprint density at radius 2 is 0.932 bits per heavy atom. The molecule has 25 nitrogen and oxygen atoms in total. The number of nitrogens with zero attached hydrogens (tertiary/aromatic N) is 10. The molecule has 2 aliphatic heterocycles. The second-order valence-corrected chi connectivity index (χ2v) is 28.9. The summed E-state index contributed by atoms with van der Waals surface area (Å²) >= 11 is 27.4. The van der Waals surface area contributed by atoms with E-state index in [0.717, 1.165) is 33.2 Å². The van der Waals surface area contributed by atoms with E-state index in [9.17, 15) is 63.2 Å². The summed E-state index contributed by atoms with van der Waals surface area (Å²) in [6.45, 7) is 5.82. The van der Waals surface area contributed by atoms with E-state index in [2.05, 4.69) is 80.7 Å². The highest BCUT2D eigenvalue weighted by Gasteiger charge is 2.60. The highest BCUT2D eigenvalue weighted by Crippen LogP contribution is 2.50. The van der Waals surface area contributed by atoms with Crippen LogP contribution in [0.25, 0.3) is 0 Å². The topological polar surface area (TPSA) is 347 Å². The van der Waals surface area contributed by atoms with Gasteiger partial charge in [-0.15, -0.1) is 0 Å². The van der Waals surface area contributed by atoms with Crippen molar-refractivity contribution in [2.45, 2.75) is 125 Å². The summed E-state index contributed by atoms with van der Waals surface area (Å²) in [5.74, 6) is -4.26. The normalized spacial score (nSPS) is 18.8. The first-order valence-electron chi connectivity index (χ1n) is 32.5. The summed E-state index contributed by atoms with van der Waals surface area (Å²) < 4.78 is 23.7. The van der Waals surface area contributed by atoms with Crippen molar-refractivity contribution in [2.75, 3.05) is 17.0 Å². The second-order valence-electron chi connectivity index (χ2n) is 25.9. The molecule has 4 fully saturated rings. The van der Waals surface area contributed by atoms with Gasteiger partial charge in [0.2, 0.25) is 23.7 Å². The van der Waals surface area contributed by atoms with Gasteiger partial charge in [-0.05, 0) is 184 Å². The standard InChI is InChI=1S/C34H27Cl2N7O5.C33H26Cl2IN7O3.C4H6O3.CH3F/c1-32(15-19-2-4-20(16-37)5-3-19)30(48)42(24-13-22(35)12-23(36)14-24)31-39-18-25(43(31)32)27(44)40-34(10-11-34)29(47)41-33(8-9-33)26-7-6-21(17-38-26)28(45)46;1-31(15-19-2-4-20(16-37)5-3-19)29(46)42(24-13-21(34)12-22(35)14-24)30-39-18-25(43(30)31)27(44)40-33(10-11-33)28(45)41-32(8-9-32)26-7-6-23(36)17-38-26;1-3(5)7-4(2)6;1-2/h2-7,12-14,17-18H,8-11,15H2,1H3,(H,40,44)(H,41,47)(H,45,46);2-7,12-14,17-18H,8-11,15H2,1H3,(H,40,44)(H,41,45);1-2H3;1H3/t32-;31-;;/m11../s1/i;;;1D. The maximum atomic E-state index is 14.3. The Labute approximate surface area is 623 Å². The van der Waals surface area contributed by atoms with Gasteiger partial charge in [0.15, 0.2) is 0 Å². The van der Waals surface area contributed by atoms with Crippen molar-refractivity contribution in [1.29, 1.82) is 10.5 Å². The Morgan fingerprint density at radius 1 is 0.563 bits per heavy atom. The smallest absolute Gasteiger partial charge is 0.337 e. The van der Waals surface area contributed by atoms with Gasteiger partial charge in [0, 0.05) is 62.7 Å². The van der Waals surface area contributed by atoms with Crippen molar-refractivity contribution in [2.24, 2.45) is 0 Å². The number of hydrogen-bond acceptors (Lipinski definition) is 16. The number of halogens is 6. The van der Waals surface area contributed by atoms with E-state index in [-0.39, 0.29) is 65.3 Å². The van der Waals surface area contributed by atoms with Gasteiger partial charge in [0.05, 0.1) is 83.6 Å². The zero-order valence-corrected chi connectivity index (χ0v) is 60.4. The quantitative estimate of drug-likeness (QED) is 0.0321. The molecule has 4 aliphatic carbocycles. The Hall–Kier alpha value is -10.2. The molecule has 4 saturated carbocycles. The summed E-state index contributed by atoms with van der Waals surface area (Å²) in [5, 5.41) is 41.1. The summed E-state index contributed by atoms with van der Waals surface area (Å²) in [6.07, 6.45) is 10.7. The lowest BCUT2D eigenvalue weighted by atomic mass is 9.91. The molecule has 528 valence electrons. The molecule has 0 radical (unpaired) electrons. The zero-order chi connectivity index (χ0) is 75.0. The largest absolute Gasteiger partial charge is 0.478 e. The molecule has 6 amide bonds.